The van der Waals surface area contributed by atoms with Crippen LogP contribution in [0, 0.1) is 6.92 Å². The van der Waals surface area contributed by atoms with Gasteiger partial charge >= 0.3 is 0 Å². The Bertz CT molecular complexity index is 685. The first kappa shape index (κ1) is 22.5. The van der Waals surface area contributed by atoms with Crippen molar-refractivity contribution in [1.29, 1.82) is 0 Å². The van der Waals surface area contributed by atoms with Gasteiger partial charge in [-0.25, -0.2) is 0 Å². The molecule has 2 rings (SSSR count). The minimum atomic E-state index is 0.345. The van der Waals surface area contributed by atoms with Crippen LogP contribution < -0.4 is 4.74 Å². The molecule has 0 aliphatic rings. The van der Waals surface area contributed by atoms with Gasteiger partial charge in [-0.05, 0) is 65.6 Å². The van der Waals surface area contributed by atoms with E-state index in [9.17, 15) is 0 Å². The van der Waals surface area contributed by atoms with Gasteiger partial charge in [0.1, 0.15) is 5.75 Å². The lowest BCUT2D eigenvalue weighted by atomic mass is 9.86. The summed E-state index contributed by atoms with van der Waals surface area (Å²) in [5, 5.41) is 0. The standard InChI is InChI=1S/C26H39NO/c1-7-8-18-28-26-15-14-22(6)19-25(26)24(23-12-10-9-11-13-23)16-17-27(20(2)3)21(4)5/h9-15,19-21,24H,7-8,16-18H2,1-6H3/t24-/m0/s1. The van der Waals surface area contributed by atoms with Gasteiger partial charge in [0.15, 0.2) is 0 Å². The predicted molar refractivity (Wildman–Crippen MR) is 121 cm³/mol. The van der Waals surface area contributed by atoms with Crippen LogP contribution in [0.1, 0.15) is 76.5 Å². The van der Waals surface area contributed by atoms with Crippen LogP contribution in [0.15, 0.2) is 48.5 Å². The topological polar surface area (TPSA) is 12.5 Å². The number of rotatable bonds is 11. The summed E-state index contributed by atoms with van der Waals surface area (Å²) in [4.78, 5) is 2.59. The number of unbranched alkanes of at least 4 members (excludes halogenated alkanes) is 1. The van der Waals surface area contributed by atoms with Crippen molar-refractivity contribution in [2.24, 2.45) is 0 Å². The van der Waals surface area contributed by atoms with Crippen LogP contribution in [-0.2, 0) is 0 Å². The molecule has 2 heteroatoms. The van der Waals surface area contributed by atoms with E-state index in [-0.39, 0.29) is 0 Å². The zero-order valence-corrected chi connectivity index (χ0v) is 18.7. The lowest BCUT2D eigenvalue weighted by Gasteiger charge is -2.32. The molecule has 0 radical (unpaired) electrons. The van der Waals surface area contributed by atoms with Crippen LogP contribution >= 0.6 is 0 Å². The summed E-state index contributed by atoms with van der Waals surface area (Å²) in [7, 11) is 0. The van der Waals surface area contributed by atoms with Gasteiger partial charge in [-0.2, -0.15) is 0 Å². The molecule has 0 aliphatic carbocycles. The molecule has 0 saturated heterocycles. The highest BCUT2D eigenvalue weighted by Crippen LogP contribution is 2.36. The monoisotopic (exact) mass is 381 g/mol. The van der Waals surface area contributed by atoms with Crippen molar-refractivity contribution in [3.63, 3.8) is 0 Å². The summed E-state index contributed by atoms with van der Waals surface area (Å²) in [6.07, 6.45) is 3.34. The Balaban J connectivity index is 2.35. The molecule has 0 aliphatic heterocycles. The molecule has 2 aromatic rings. The molecular weight excluding hydrogens is 342 g/mol. The Kier molecular flexibility index (Phi) is 9.05. The Hall–Kier alpha value is -1.80. The Morgan fingerprint density at radius 3 is 2.21 bits per heavy atom. The van der Waals surface area contributed by atoms with E-state index < -0.39 is 0 Å². The molecule has 0 bridgehead atoms. The van der Waals surface area contributed by atoms with Crippen LogP contribution in [0.2, 0.25) is 0 Å². The highest BCUT2D eigenvalue weighted by molar-refractivity contribution is 5.44. The summed E-state index contributed by atoms with van der Waals surface area (Å²) in [6.45, 7) is 15.4. The van der Waals surface area contributed by atoms with E-state index in [4.69, 9.17) is 4.74 Å². The third-order valence-corrected chi connectivity index (χ3v) is 5.50. The second kappa shape index (κ2) is 11.3. The van der Waals surface area contributed by atoms with Gasteiger partial charge in [-0.1, -0.05) is 61.4 Å². The van der Waals surface area contributed by atoms with Crippen LogP contribution in [0.25, 0.3) is 0 Å². The molecule has 0 aromatic heterocycles. The zero-order valence-electron chi connectivity index (χ0n) is 18.7. The maximum absolute atomic E-state index is 6.22. The molecule has 0 amide bonds. The van der Waals surface area contributed by atoms with E-state index in [1.54, 1.807) is 0 Å². The molecule has 2 aromatic carbocycles. The lowest BCUT2D eigenvalue weighted by Crippen LogP contribution is -2.38. The van der Waals surface area contributed by atoms with Gasteiger partial charge in [0.2, 0.25) is 0 Å². The summed E-state index contributed by atoms with van der Waals surface area (Å²) in [6, 6.07) is 18.7. The summed E-state index contributed by atoms with van der Waals surface area (Å²) in [5.74, 6) is 1.39. The maximum atomic E-state index is 6.22. The minimum Gasteiger partial charge on any atom is -0.493 e. The van der Waals surface area contributed by atoms with Crippen molar-refractivity contribution < 1.29 is 4.74 Å². The molecule has 2 nitrogen and oxygen atoms in total. The first-order valence-corrected chi connectivity index (χ1v) is 11.0. The summed E-state index contributed by atoms with van der Waals surface area (Å²) < 4.78 is 6.22. The molecule has 0 N–H and O–H groups in total. The van der Waals surface area contributed by atoms with Crippen molar-refractivity contribution in [2.75, 3.05) is 13.2 Å². The number of ether oxygens (including phenoxy) is 1. The highest BCUT2D eigenvalue weighted by atomic mass is 16.5. The van der Waals surface area contributed by atoms with Crippen LogP contribution in [0.3, 0.4) is 0 Å². The van der Waals surface area contributed by atoms with Gasteiger partial charge in [0.25, 0.3) is 0 Å². The van der Waals surface area contributed by atoms with Crippen LogP contribution in [-0.4, -0.2) is 30.1 Å². The molecule has 0 unspecified atom stereocenters. The van der Waals surface area contributed by atoms with Crippen molar-refractivity contribution in [3.05, 3.63) is 65.2 Å². The molecule has 1 atom stereocenters. The van der Waals surface area contributed by atoms with E-state index in [2.05, 4.69) is 95.0 Å². The van der Waals surface area contributed by atoms with Gasteiger partial charge in [-0.3, -0.25) is 4.90 Å². The third kappa shape index (κ3) is 6.38. The molecule has 0 saturated carbocycles. The average Bonchev–Trinajstić information content (AvgIpc) is 2.66. The zero-order chi connectivity index (χ0) is 20.5. The molecule has 0 spiro atoms. The second-order valence-corrected chi connectivity index (χ2v) is 8.42. The molecule has 0 heterocycles. The summed E-state index contributed by atoms with van der Waals surface area (Å²) in [5.41, 5.74) is 4.00. The SMILES string of the molecule is CCCCOc1ccc(C)cc1[C@@H](CCN(C(C)C)C(C)C)c1ccccc1. The van der Waals surface area contributed by atoms with Crippen LogP contribution in [0.4, 0.5) is 0 Å². The fraction of sp³-hybridized carbons (Fsp3) is 0.538. The molecule has 28 heavy (non-hydrogen) atoms. The van der Waals surface area contributed by atoms with Crippen molar-refractivity contribution in [1.82, 2.24) is 4.90 Å². The fourth-order valence-electron chi connectivity index (χ4n) is 3.98. The maximum Gasteiger partial charge on any atom is 0.123 e. The van der Waals surface area contributed by atoms with Crippen molar-refractivity contribution in [3.8, 4) is 5.75 Å². The highest BCUT2D eigenvalue weighted by Gasteiger charge is 2.22. The lowest BCUT2D eigenvalue weighted by molar-refractivity contribution is 0.170. The third-order valence-electron chi connectivity index (χ3n) is 5.50. The van der Waals surface area contributed by atoms with E-state index >= 15 is 0 Å². The predicted octanol–water partition coefficient (Wildman–Crippen LogP) is 6.81. The molecule has 0 fully saturated rings. The van der Waals surface area contributed by atoms with E-state index in [0.717, 1.165) is 38.2 Å². The number of aryl methyl sites for hydroxylation is 1. The molecule has 154 valence electrons. The number of hydrogen-bond acceptors (Lipinski definition) is 2. The Labute approximate surface area is 172 Å². The van der Waals surface area contributed by atoms with Crippen molar-refractivity contribution >= 4 is 0 Å². The normalized spacial score (nSPS) is 12.8. The summed E-state index contributed by atoms with van der Waals surface area (Å²) >= 11 is 0. The minimum absolute atomic E-state index is 0.345. The Morgan fingerprint density at radius 2 is 1.61 bits per heavy atom. The van der Waals surface area contributed by atoms with E-state index in [1.165, 1.54) is 16.7 Å². The quantitative estimate of drug-likeness (QED) is 0.396. The number of hydrogen-bond donors (Lipinski definition) is 0. The van der Waals surface area contributed by atoms with E-state index in [1.807, 2.05) is 0 Å². The first-order valence-electron chi connectivity index (χ1n) is 11.0. The van der Waals surface area contributed by atoms with Gasteiger partial charge < -0.3 is 4.74 Å². The second-order valence-electron chi connectivity index (χ2n) is 8.42. The largest absolute Gasteiger partial charge is 0.493 e. The van der Waals surface area contributed by atoms with E-state index in [0.29, 0.717) is 18.0 Å². The smallest absolute Gasteiger partial charge is 0.123 e. The number of nitrogens with zero attached hydrogens (tertiary/aromatic N) is 1. The Morgan fingerprint density at radius 1 is 0.929 bits per heavy atom. The van der Waals surface area contributed by atoms with Gasteiger partial charge in [-0.15, -0.1) is 0 Å². The first-order chi connectivity index (χ1) is 13.4. The fourth-order valence-corrected chi connectivity index (χ4v) is 3.98. The van der Waals surface area contributed by atoms with Gasteiger partial charge in [0.05, 0.1) is 6.61 Å². The number of benzene rings is 2. The average molecular weight is 382 g/mol. The van der Waals surface area contributed by atoms with Gasteiger partial charge in [0, 0.05) is 23.6 Å². The van der Waals surface area contributed by atoms with Crippen molar-refractivity contribution in [2.45, 2.75) is 78.8 Å². The molecular formula is C26H39NO. The van der Waals surface area contributed by atoms with Crippen LogP contribution in [0.5, 0.6) is 5.75 Å².